The zero-order chi connectivity index (χ0) is 33.9. The first-order chi connectivity index (χ1) is 24.0. The van der Waals surface area contributed by atoms with Gasteiger partial charge in [0.05, 0.1) is 25.3 Å². The smallest absolute Gasteiger partial charge is 0.296 e. The SMILES string of the molecule is CCCCCOc1ccc(C2C(C(=O)c3cc4cccc(OC)c4o3)=C(O)C(=O)N2c2nnc(SCc3cccc4ccccc34)s2)cc1. The number of para-hydroxylation sites is 1. The van der Waals surface area contributed by atoms with Gasteiger partial charge in [-0.3, -0.25) is 14.5 Å². The van der Waals surface area contributed by atoms with Gasteiger partial charge in [0, 0.05) is 11.1 Å². The van der Waals surface area contributed by atoms with E-state index < -0.39 is 23.5 Å². The number of aliphatic hydroxyl groups is 1. The number of anilines is 1. The van der Waals surface area contributed by atoms with Crippen LogP contribution in [0, 0.1) is 0 Å². The minimum Gasteiger partial charge on any atom is -0.503 e. The van der Waals surface area contributed by atoms with Gasteiger partial charge >= 0.3 is 0 Å². The Morgan fingerprint density at radius 1 is 0.980 bits per heavy atom. The number of ether oxygens (including phenoxy) is 2. The number of carbonyl (C=O) groups is 2. The molecule has 248 valence electrons. The lowest BCUT2D eigenvalue weighted by Crippen LogP contribution is -2.31. The van der Waals surface area contributed by atoms with Crippen LogP contribution in [-0.4, -0.2) is 40.7 Å². The molecule has 0 fully saturated rings. The average Bonchev–Trinajstić information content (AvgIpc) is 3.85. The summed E-state index contributed by atoms with van der Waals surface area (Å²) in [6.45, 7) is 2.73. The van der Waals surface area contributed by atoms with E-state index in [1.807, 2.05) is 18.2 Å². The van der Waals surface area contributed by atoms with Crippen molar-refractivity contribution in [2.75, 3.05) is 18.6 Å². The van der Waals surface area contributed by atoms with Crippen molar-refractivity contribution in [3.8, 4) is 11.5 Å². The summed E-state index contributed by atoms with van der Waals surface area (Å²) in [6, 6.07) is 27.5. The van der Waals surface area contributed by atoms with E-state index in [2.05, 4.69) is 41.4 Å². The second-order valence-electron chi connectivity index (χ2n) is 11.6. The van der Waals surface area contributed by atoms with Gasteiger partial charge in [-0.1, -0.05) is 110 Å². The van der Waals surface area contributed by atoms with Crippen LogP contribution >= 0.6 is 23.1 Å². The molecule has 4 aromatic carbocycles. The molecule has 1 unspecified atom stereocenters. The standard InChI is InChI=1S/C38H33N3O6S2/c1-3-4-7-20-46-27-18-16-24(17-19-27)32-31(33(42)30-21-25-12-9-15-29(45-2)35(25)47-30)34(43)36(44)41(32)37-39-40-38(49-37)48-22-26-13-8-11-23-10-5-6-14-28(23)26/h5-6,8-19,21,32,43H,3-4,7,20,22H2,1-2H3. The van der Waals surface area contributed by atoms with E-state index in [4.69, 9.17) is 13.9 Å². The van der Waals surface area contributed by atoms with Crippen molar-refractivity contribution in [1.29, 1.82) is 0 Å². The first-order valence-corrected chi connectivity index (χ1v) is 17.8. The predicted molar refractivity (Wildman–Crippen MR) is 192 cm³/mol. The number of methoxy groups -OCH3 is 1. The second-order valence-corrected chi connectivity index (χ2v) is 13.7. The molecule has 1 amide bonds. The maximum atomic E-state index is 14.2. The Hall–Kier alpha value is -5.13. The number of carbonyl (C=O) groups excluding carboxylic acids is 2. The van der Waals surface area contributed by atoms with Gasteiger partial charge in [0.25, 0.3) is 5.91 Å². The van der Waals surface area contributed by atoms with E-state index >= 15 is 0 Å². The molecule has 7 rings (SSSR count). The number of Topliss-reactive ketones (excluding diaryl/α,β-unsaturated/α-hetero) is 1. The van der Waals surface area contributed by atoms with Crippen molar-refractivity contribution >= 4 is 61.7 Å². The lowest BCUT2D eigenvalue weighted by atomic mass is 9.95. The lowest BCUT2D eigenvalue weighted by molar-refractivity contribution is -0.117. The Morgan fingerprint density at radius 2 is 1.76 bits per heavy atom. The second kappa shape index (κ2) is 14.2. The third kappa shape index (κ3) is 6.39. The Kier molecular flexibility index (Phi) is 9.36. The monoisotopic (exact) mass is 691 g/mol. The van der Waals surface area contributed by atoms with Crippen molar-refractivity contribution in [2.45, 2.75) is 42.3 Å². The number of fused-ring (bicyclic) bond motifs is 2. The van der Waals surface area contributed by atoms with Crippen LogP contribution in [-0.2, 0) is 10.5 Å². The summed E-state index contributed by atoms with van der Waals surface area (Å²) < 4.78 is 17.9. The van der Waals surface area contributed by atoms with E-state index in [0.29, 0.717) is 44.7 Å². The Labute approximate surface area is 291 Å². The van der Waals surface area contributed by atoms with Crippen LogP contribution in [0.4, 0.5) is 5.13 Å². The van der Waals surface area contributed by atoms with Crippen molar-refractivity contribution in [3.05, 3.63) is 119 Å². The summed E-state index contributed by atoms with van der Waals surface area (Å²) in [5, 5.41) is 23.3. The molecule has 1 atom stereocenters. The highest BCUT2D eigenvalue weighted by atomic mass is 32.2. The first kappa shape index (κ1) is 32.4. The fraction of sp³-hybridized carbons (Fsp3) is 0.211. The van der Waals surface area contributed by atoms with Crippen molar-refractivity contribution < 1.29 is 28.6 Å². The zero-order valence-electron chi connectivity index (χ0n) is 26.9. The number of amides is 1. The Balaban J connectivity index is 1.21. The highest BCUT2D eigenvalue weighted by molar-refractivity contribution is 8.00. The van der Waals surface area contributed by atoms with Crippen molar-refractivity contribution in [1.82, 2.24) is 10.2 Å². The number of hydrogen-bond donors (Lipinski definition) is 1. The van der Waals surface area contributed by atoms with Crippen molar-refractivity contribution in [3.63, 3.8) is 0 Å². The van der Waals surface area contributed by atoms with Crippen LogP contribution < -0.4 is 14.4 Å². The number of rotatable bonds is 13. The van der Waals surface area contributed by atoms with Crippen LogP contribution in [0.3, 0.4) is 0 Å². The molecule has 9 nitrogen and oxygen atoms in total. The summed E-state index contributed by atoms with van der Waals surface area (Å²) in [4.78, 5) is 29.4. The third-order valence-corrected chi connectivity index (χ3v) is 10.6. The molecule has 1 aliphatic rings. The molecule has 0 spiro atoms. The van der Waals surface area contributed by atoms with Gasteiger partial charge in [-0.05, 0) is 52.6 Å². The van der Waals surface area contributed by atoms with Gasteiger partial charge in [0.1, 0.15) is 5.75 Å². The number of furan rings is 1. The molecule has 0 saturated carbocycles. The lowest BCUT2D eigenvalue weighted by Gasteiger charge is -2.24. The Morgan fingerprint density at radius 3 is 2.57 bits per heavy atom. The molecular weight excluding hydrogens is 659 g/mol. The van der Waals surface area contributed by atoms with Crippen LogP contribution in [0.25, 0.3) is 21.7 Å². The quantitative estimate of drug-likeness (QED) is 0.0548. The molecule has 0 radical (unpaired) electrons. The Bertz CT molecular complexity index is 2180. The number of unbranched alkanes of at least 4 members (excludes halogenated alkanes) is 2. The van der Waals surface area contributed by atoms with Gasteiger partial charge in [-0.15, -0.1) is 10.2 Å². The number of thioether (sulfide) groups is 1. The fourth-order valence-electron chi connectivity index (χ4n) is 6.00. The third-order valence-electron chi connectivity index (χ3n) is 8.45. The van der Waals surface area contributed by atoms with E-state index in [0.717, 1.165) is 35.6 Å². The van der Waals surface area contributed by atoms with Gasteiger partial charge in [-0.25, -0.2) is 0 Å². The molecule has 0 bridgehead atoms. The van der Waals surface area contributed by atoms with Gasteiger partial charge in [-0.2, -0.15) is 0 Å². The van der Waals surface area contributed by atoms with E-state index in [9.17, 15) is 14.7 Å². The molecular formula is C38H33N3O6S2. The maximum Gasteiger partial charge on any atom is 0.296 e. The highest BCUT2D eigenvalue weighted by Crippen LogP contribution is 2.45. The normalized spacial score (nSPS) is 14.7. The van der Waals surface area contributed by atoms with Gasteiger partial charge < -0.3 is 19.0 Å². The molecule has 6 aromatic rings. The summed E-state index contributed by atoms with van der Waals surface area (Å²) in [7, 11) is 1.52. The molecule has 0 aliphatic carbocycles. The number of aliphatic hydroxyl groups excluding tert-OH is 1. The molecule has 1 aliphatic heterocycles. The molecule has 2 aromatic heterocycles. The average molecular weight is 692 g/mol. The number of aromatic nitrogens is 2. The van der Waals surface area contributed by atoms with Crippen LogP contribution in [0.15, 0.2) is 111 Å². The van der Waals surface area contributed by atoms with E-state index in [1.165, 1.54) is 35.1 Å². The zero-order valence-corrected chi connectivity index (χ0v) is 28.6. The molecule has 3 heterocycles. The number of benzene rings is 4. The number of nitrogens with zero attached hydrogens (tertiary/aromatic N) is 3. The topological polar surface area (TPSA) is 115 Å². The molecule has 0 saturated heterocycles. The van der Waals surface area contributed by atoms with Crippen LogP contribution in [0.2, 0.25) is 0 Å². The minimum absolute atomic E-state index is 0.0276. The van der Waals surface area contributed by atoms with Crippen molar-refractivity contribution in [2.24, 2.45) is 0 Å². The minimum atomic E-state index is -0.992. The fourth-order valence-corrected chi connectivity index (χ4v) is 7.87. The van der Waals surface area contributed by atoms with E-state index in [1.54, 1.807) is 48.5 Å². The number of hydrogen-bond acceptors (Lipinski definition) is 10. The maximum absolute atomic E-state index is 14.2. The highest BCUT2D eigenvalue weighted by Gasteiger charge is 2.47. The molecule has 49 heavy (non-hydrogen) atoms. The van der Waals surface area contributed by atoms with Gasteiger partial charge in [0.2, 0.25) is 10.9 Å². The van der Waals surface area contributed by atoms with E-state index in [-0.39, 0.29) is 16.5 Å². The van der Waals surface area contributed by atoms with Crippen LogP contribution in [0.1, 0.15) is 53.9 Å². The summed E-state index contributed by atoms with van der Waals surface area (Å²) in [5.74, 6) is -0.273. The van der Waals surface area contributed by atoms with Crippen LogP contribution in [0.5, 0.6) is 11.5 Å². The molecule has 1 N–H and O–H groups in total. The van der Waals surface area contributed by atoms with Gasteiger partial charge in [0.15, 0.2) is 27.2 Å². The summed E-state index contributed by atoms with van der Waals surface area (Å²) >= 11 is 2.74. The largest absolute Gasteiger partial charge is 0.503 e. The predicted octanol–water partition coefficient (Wildman–Crippen LogP) is 9.09. The molecule has 11 heteroatoms. The first-order valence-electron chi connectivity index (χ1n) is 16.0. The summed E-state index contributed by atoms with van der Waals surface area (Å²) in [5.41, 5.74) is 2.03. The number of ketones is 1. The summed E-state index contributed by atoms with van der Waals surface area (Å²) in [6.07, 6.45) is 3.11.